The van der Waals surface area contributed by atoms with Gasteiger partial charge in [-0.3, -0.25) is 9.69 Å². The van der Waals surface area contributed by atoms with E-state index < -0.39 is 12.0 Å². The van der Waals surface area contributed by atoms with E-state index in [4.69, 9.17) is 0 Å². The summed E-state index contributed by atoms with van der Waals surface area (Å²) in [6.45, 7) is 8.36. The third-order valence-corrected chi connectivity index (χ3v) is 3.05. The number of carboxylic acids is 1. The molecule has 1 aromatic rings. The lowest BCUT2D eigenvalue weighted by atomic mass is 10.0. The van der Waals surface area contributed by atoms with Gasteiger partial charge in [0.2, 0.25) is 0 Å². The van der Waals surface area contributed by atoms with Crippen molar-refractivity contribution in [3.05, 3.63) is 55.1 Å². The van der Waals surface area contributed by atoms with Crippen molar-refractivity contribution in [3.8, 4) is 0 Å². The molecule has 0 spiro atoms. The third kappa shape index (κ3) is 3.96. The van der Waals surface area contributed by atoms with Gasteiger partial charge in [0.25, 0.3) is 0 Å². The minimum absolute atomic E-state index is 0.498. The fourth-order valence-electron chi connectivity index (χ4n) is 2.08. The zero-order chi connectivity index (χ0) is 15.1. The number of nitrogens with zero attached hydrogens (tertiary/aromatic N) is 2. The highest BCUT2D eigenvalue weighted by molar-refractivity contribution is 5.76. The second kappa shape index (κ2) is 7.50. The minimum Gasteiger partial charge on any atom is -0.480 e. The van der Waals surface area contributed by atoms with Crippen molar-refractivity contribution in [1.82, 2.24) is 4.90 Å². The first-order chi connectivity index (χ1) is 9.51. The number of rotatable bonds is 8. The topological polar surface area (TPSA) is 43.8 Å². The quantitative estimate of drug-likeness (QED) is 0.740. The van der Waals surface area contributed by atoms with Gasteiger partial charge in [-0.15, -0.1) is 13.2 Å². The van der Waals surface area contributed by atoms with Crippen LogP contribution in [-0.2, 0) is 4.79 Å². The third-order valence-electron chi connectivity index (χ3n) is 3.05. The number of benzene rings is 1. The lowest BCUT2D eigenvalue weighted by molar-refractivity contribution is -0.143. The number of carboxylic acid groups (broad SMARTS) is 1. The summed E-state index contributed by atoms with van der Waals surface area (Å²) in [4.78, 5) is 15.4. The van der Waals surface area contributed by atoms with Gasteiger partial charge in [0.15, 0.2) is 0 Å². The Labute approximate surface area is 120 Å². The van der Waals surface area contributed by atoms with Crippen LogP contribution < -0.4 is 4.90 Å². The van der Waals surface area contributed by atoms with Gasteiger partial charge in [0, 0.05) is 32.9 Å². The molecule has 20 heavy (non-hydrogen) atoms. The van der Waals surface area contributed by atoms with E-state index in [0.29, 0.717) is 13.1 Å². The van der Waals surface area contributed by atoms with Gasteiger partial charge in [0.05, 0.1) is 0 Å². The highest BCUT2D eigenvalue weighted by atomic mass is 16.4. The van der Waals surface area contributed by atoms with Crippen LogP contribution in [0.15, 0.2) is 49.6 Å². The zero-order valence-corrected chi connectivity index (χ0v) is 12.1. The molecule has 0 fully saturated rings. The molecule has 1 aromatic carbocycles. The first kappa shape index (κ1) is 16.0. The average molecular weight is 274 g/mol. The largest absolute Gasteiger partial charge is 0.480 e. The van der Waals surface area contributed by atoms with E-state index in [9.17, 15) is 9.90 Å². The maximum Gasteiger partial charge on any atom is 0.325 e. The maximum absolute atomic E-state index is 11.6. The van der Waals surface area contributed by atoms with Crippen molar-refractivity contribution in [2.24, 2.45) is 0 Å². The van der Waals surface area contributed by atoms with Crippen LogP contribution in [0.5, 0.6) is 0 Å². The van der Waals surface area contributed by atoms with E-state index in [1.807, 2.05) is 48.2 Å². The molecular formula is C16H22N2O2. The molecule has 108 valence electrons. The van der Waals surface area contributed by atoms with Crippen molar-refractivity contribution in [3.63, 3.8) is 0 Å². The van der Waals surface area contributed by atoms with Crippen LogP contribution in [0, 0.1) is 0 Å². The van der Waals surface area contributed by atoms with Crippen molar-refractivity contribution < 1.29 is 9.90 Å². The summed E-state index contributed by atoms with van der Waals surface area (Å²) in [5.41, 5.74) is 1.80. The second-order valence-electron chi connectivity index (χ2n) is 4.76. The number of carbonyl (C=O) groups is 1. The van der Waals surface area contributed by atoms with Crippen molar-refractivity contribution in [2.75, 3.05) is 32.1 Å². The predicted octanol–water partition coefficient (Wildman–Crippen LogP) is 2.55. The second-order valence-corrected chi connectivity index (χ2v) is 4.76. The van der Waals surface area contributed by atoms with E-state index in [0.717, 1.165) is 11.3 Å². The molecule has 0 aliphatic rings. The van der Waals surface area contributed by atoms with Crippen molar-refractivity contribution in [2.45, 2.75) is 6.04 Å². The molecule has 0 saturated carbocycles. The number of hydrogen-bond donors (Lipinski definition) is 1. The van der Waals surface area contributed by atoms with Gasteiger partial charge < -0.3 is 10.0 Å². The van der Waals surface area contributed by atoms with E-state index >= 15 is 0 Å². The van der Waals surface area contributed by atoms with Crippen molar-refractivity contribution >= 4 is 11.7 Å². The normalized spacial score (nSPS) is 11.9. The first-order valence-electron chi connectivity index (χ1n) is 6.47. The van der Waals surface area contributed by atoms with Gasteiger partial charge >= 0.3 is 5.97 Å². The summed E-state index contributed by atoms with van der Waals surface area (Å²) in [6.07, 6.45) is 3.40. The van der Waals surface area contributed by atoms with Crippen LogP contribution in [0.25, 0.3) is 0 Å². The molecule has 1 unspecified atom stereocenters. The van der Waals surface area contributed by atoms with Crippen LogP contribution in [0.2, 0.25) is 0 Å². The molecule has 0 amide bonds. The van der Waals surface area contributed by atoms with Gasteiger partial charge in [-0.1, -0.05) is 24.3 Å². The molecule has 0 saturated heterocycles. The molecule has 0 heterocycles. The molecule has 0 aromatic heterocycles. The predicted molar refractivity (Wildman–Crippen MR) is 83.1 cm³/mol. The summed E-state index contributed by atoms with van der Waals surface area (Å²) >= 11 is 0. The number of anilines is 1. The molecule has 1 atom stereocenters. The fraction of sp³-hybridized carbons (Fsp3) is 0.312. The Hall–Kier alpha value is -2.07. The van der Waals surface area contributed by atoms with E-state index in [2.05, 4.69) is 13.2 Å². The molecule has 0 aliphatic heterocycles. The Morgan fingerprint density at radius 3 is 2.05 bits per heavy atom. The van der Waals surface area contributed by atoms with Gasteiger partial charge in [0.1, 0.15) is 6.04 Å². The molecule has 4 nitrogen and oxygen atoms in total. The minimum atomic E-state index is -0.869. The molecule has 0 bridgehead atoms. The van der Waals surface area contributed by atoms with Crippen LogP contribution in [0.3, 0.4) is 0 Å². The molecule has 0 radical (unpaired) electrons. The van der Waals surface area contributed by atoms with Gasteiger partial charge in [-0.05, 0) is 17.7 Å². The zero-order valence-electron chi connectivity index (χ0n) is 12.1. The lowest BCUT2D eigenvalue weighted by Crippen LogP contribution is -2.34. The van der Waals surface area contributed by atoms with Crippen LogP contribution in [0.4, 0.5) is 5.69 Å². The Balaban J connectivity index is 3.08. The standard InChI is InChI=1S/C16H22N2O2/c1-5-11-18(12-6-2)15(16(19)20)13-7-9-14(10-8-13)17(3)4/h5-10,15H,1-2,11-12H2,3-4H3,(H,19,20). The summed E-state index contributed by atoms with van der Waals surface area (Å²) in [5, 5.41) is 9.51. The van der Waals surface area contributed by atoms with Crippen molar-refractivity contribution in [1.29, 1.82) is 0 Å². The highest BCUT2D eigenvalue weighted by Gasteiger charge is 2.25. The fourth-order valence-corrected chi connectivity index (χ4v) is 2.08. The molecule has 1 N–H and O–H groups in total. The van der Waals surface area contributed by atoms with Crippen LogP contribution in [0.1, 0.15) is 11.6 Å². The smallest absolute Gasteiger partial charge is 0.325 e. The summed E-state index contributed by atoms with van der Waals surface area (Å²) < 4.78 is 0. The maximum atomic E-state index is 11.6. The lowest BCUT2D eigenvalue weighted by Gasteiger charge is -2.27. The van der Waals surface area contributed by atoms with E-state index in [-0.39, 0.29) is 0 Å². The average Bonchev–Trinajstić information content (AvgIpc) is 2.39. The first-order valence-corrected chi connectivity index (χ1v) is 6.47. The Morgan fingerprint density at radius 2 is 1.70 bits per heavy atom. The highest BCUT2D eigenvalue weighted by Crippen LogP contribution is 2.23. The molecule has 4 heteroatoms. The van der Waals surface area contributed by atoms with Gasteiger partial charge in [-0.2, -0.15) is 0 Å². The number of aliphatic carboxylic acids is 1. The Kier molecular flexibility index (Phi) is 6.00. The van der Waals surface area contributed by atoms with Crippen LogP contribution in [-0.4, -0.2) is 43.2 Å². The molecule has 1 rings (SSSR count). The Morgan fingerprint density at radius 1 is 1.20 bits per heavy atom. The SMILES string of the molecule is C=CCN(CC=C)C(C(=O)O)c1ccc(N(C)C)cc1. The summed E-state index contributed by atoms with van der Waals surface area (Å²) in [6, 6.07) is 6.86. The van der Waals surface area contributed by atoms with E-state index in [1.165, 1.54) is 0 Å². The monoisotopic (exact) mass is 274 g/mol. The molecular weight excluding hydrogens is 252 g/mol. The van der Waals surface area contributed by atoms with E-state index in [1.54, 1.807) is 12.2 Å². The molecule has 0 aliphatic carbocycles. The van der Waals surface area contributed by atoms with Gasteiger partial charge in [-0.25, -0.2) is 0 Å². The van der Waals surface area contributed by atoms with Crippen LogP contribution >= 0.6 is 0 Å². The number of hydrogen-bond acceptors (Lipinski definition) is 3. The Bertz CT molecular complexity index is 456. The summed E-state index contributed by atoms with van der Waals surface area (Å²) in [5.74, 6) is -0.869. The summed E-state index contributed by atoms with van der Waals surface area (Å²) in [7, 11) is 3.90.